The molecule has 1 atom stereocenters. The van der Waals surface area contributed by atoms with Crippen molar-refractivity contribution in [2.75, 3.05) is 25.9 Å². The minimum Gasteiger partial charge on any atom is -0.487 e. The van der Waals surface area contributed by atoms with Crippen molar-refractivity contribution >= 4 is 17.8 Å². The van der Waals surface area contributed by atoms with Crippen LogP contribution in [0.1, 0.15) is 11.3 Å². The Balaban J connectivity index is 1.29. The highest BCUT2D eigenvalue weighted by Gasteiger charge is 2.22. The lowest BCUT2D eigenvalue weighted by atomic mass is 10.2. The van der Waals surface area contributed by atoms with Crippen LogP contribution in [0.5, 0.6) is 5.75 Å². The average Bonchev–Trinajstić information content (AvgIpc) is 3.09. The summed E-state index contributed by atoms with van der Waals surface area (Å²) in [5.41, 5.74) is 2.26. The number of rotatable bonds is 4. The van der Waals surface area contributed by atoms with E-state index in [9.17, 15) is 4.79 Å². The number of hydrogen-bond acceptors (Lipinski definition) is 5. The van der Waals surface area contributed by atoms with Gasteiger partial charge in [-0.3, -0.25) is 4.68 Å². The standard InChI is InChI=1S/C18H23N5O2S/c1-22(11-13-8-21-23-7-6-19-10-15(13)23)18(24)20-9-14-12-26-17-5-3-2-4-16(17)25-14/h2-5,8,14,19H,6-7,9-12H2,1H3,(H,20,24). The van der Waals surface area contributed by atoms with E-state index in [0.29, 0.717) is 13.1 Å². The fourth-order valence-corrected chi connectivity index (χ4v) is 4.18. The molecular weight excluding hydrogens is 350 g/mol. The summed E-state index contributed by atoms with van der Waals surface area (Å²) in [5.74, 6) is 1.74. The van der Waals surface area contributed by atoms with Gasteiger partial charge in [0.15, 0.2) is 0 Å². The quantitative estimate of drug-likeness (QED) is 0.853. The number of urea groups is 1. The summed E-state index contributed by atoms with van der Waals surface area (Å²) in [6.07, 6.45) is 1.85. The fourth-order valence-electron chi connectivity index (χ4n) is 3.20. The lowest BCUT2D eigenvalue weighted by molar-refractivity contribution is 0.186. The van der Waals surface area contributed by atoms with E-state index in [2.05, 4.69) is 21.8 Å². The molecule has 0 spiro atoms. The first-order chi connectivity index (χ1) is 12.7. The molecule has 4 rings (SSSR count). The van der Waals surface area contributed by atoms with E-state index in [-0.39, 0.29) is 12.1 Å². The van der Waals surface area contributed by atoms with Crippen molar-refractivity contribution in [3.8, 4) is 5.75 Å². The summed E-state index contributed by atoms with van der Waals surface area (Å²) in [6.45, 7) is 3.66. The number of para-hydroxylation sites is 1. The Bertz CT molecular complexity index is 794. The average molecular weight is 373 g/mol. The predicted octanol–water partition coefficient (Wildman–Crippen LogP) is 1.68. The van der Waals surface area contributed by atoms with Crippen LogP contribution in [-0.2, 0) is 19.6 Å². The van der Waals surface area contributed by atoms with Crippen LogP contribution >= 0.6 is 11.8 Å². The van der Waals surface area contributed by atoms with Crippen LogP contribution in [0.2, 0.25) is 0 Å². The highest BCUT2D eigenvalue weighted by atomic mass is 32.2. The van der Waals surface area contributed by atoms with Gasteiger partial charge in [-0.05, 0) is 12.1 Å². The van der Waals surface area contributed by atoms with E-state index < -0.39 is 0 Å². The predicted molar refractivity (Wildman–Crippen MR) is 100 cm³/mol. The van der Waals surface area contributed by atoms with Crippen molar-refractivity contribution in [1.82, 2.24) is 25.3 Å². The lowest BCUT2D eigenvalue weighted by Gasteiger charge is -2.27. The molecule has 0 aliphatic carbocycles. The molecule has 0 radical (unpaired) electrons. The summed E-state index contributed by atoms with van der Waals surface area (Å²) in [4.78, 5) is 15.3. The molecule has 1 unspecified atom stereocenters. The number of nitrogens with one attached hydrogen (secondary N) is 2. The second kappa shape index (κ2) is 7.59. The Morgan fingerprint density at radius 2 is 2.38 bits per heavy atom. The van der Waals surface area contributed by atoms with Crippen LogP contribution in [0.15, 0.2) is 35.4 Å². The number of fused-ring (bicyclic) bond motifs is 2. The molecule has 1 aromatic carbocycles. The van der Waals surface area contributed by atoms with Crippen molar-refractivity contribution in [3.63, 3.8) is 0 Å². The van der Waals surface area contributed by atoms with Gasteiger partial charge < -0.3 is 20.3 Å². The minimum atomic E-state index is -0.0961. The molecule has 8 heteroatoms. The number of carbonyl (C=O) groups is 1. The van der Waals surface area contributed by atoms with E-state index in [4.69, 9.17) is 4.74 Å². The van der Waals surface area contributed by atoms with Crippen LogP contribution in [0.25, 0.3) is 0 Å². The number of ether oxygens (including phenoxy) is 1. The van der Waals surface area contributed by atoms with Crippen molar-refractivity contribution in [1.29, 1.82) is 0 Å². The number of carbonyl (C=O) groups excluding carboxylic acids is 1. The molecule has 2 aliphatic rings. The summed E-state index contributed by atoms with van der Waals surface area (Å²) in [5, 5.41) is 10.7. The van der Waals surface area contributed by atoms with Crippen LogP contribution < -0.4 is 15.4 Å². The lowest BCUT2D eigenvalue weighted by Crippen LogP contribution is -2.43. The van der Waals surface area contributed by atoms with E-state index in [1.807, 2.05) is 29.1 Å². The van der Waals surface area contributed by atoms with Gasteiger partial charge in [-0.1, -0.05) is 12.1 Å². The van der Waals surface area contributed by atoms with Gasteiger partial charge in [0.1, 0.15) is 11.9 Å². The third-order valence-electron chi connectivity index (χ3n) is 4.63. The highest BCUT2D eigenvalue weighted by Crippen LogP contribution is 2.34. The molecule has 138 valence electrons. The molecular formula is C18H23N5O2S. The maximum Gasteiger partial charge on any atom is 0.317 e. The summed E-state index contributed by atoms with van der Waals surface area (Å²) in [7, 11) is 1.81. The maximum absolute atomic E-state index is 12.4. The van der Waals surface area contributed by atoms with Crippen molar-refractivity contribution < 1.29 is 9.53 Å². The van der Waals surface area contributed by atoms with Gasteiger partial charge in [0.05, 0.1) is 31.5 Å². The Labute approximate surface area is 157 Å². The van der Waals surface area contributed by atoms with Gasteiger partial charge in [0.25, 0.3) is 0 Å². The second-order valence-electron chi connectivity index (χ2n) is 6.56. The highest BCUT2D eigenvalue weighted by molar-refractivity contribution is 7.99. The van der Waals surface area contributed by atoms with Gasteiger partial charge in [0, 0.05) is 36.3 Å². The zero-order valence-corrected chi connectivity index (χ0v) is 15.6. The third-order valence-corrected chi connectivity index (χ3v) is 5.82. The third kappa shape index (κ3) is 3.66. The summed E-state index contributed by atoms with van der Waals surface area (Å²) >= 11 is 1.77. The van der Waals surface area contributed by atoms with Crippen molar-refractivity contribution in [2.45, 2.75) is 30.6 Å². The number of thioether (sulfide) groups is 1. The Hall–Kier alpha value is -2.19. The normalized spacial score (nSPS) is 18.4. The molecule has 2 N–H and O–H groups in total. The van der Waals surface area contributed by atoms with E-state index in [1.54, 1.807) is 23.7 Å². The van der Waals surface area contributed by atoms with Gasteiger partial charge in [-0.2, -0.15) is 5.10 Å². The zero-order chi connectivity index (χ0) is 17.9. The molecule has 2 amide bonds. The van der Waals surface area contributed by atoms with Crippen LogP contribution in [-0.4, -0.2) is 52.7 Å². The molecule has 0 saturated carbocycles. The topological polar surface area (TPSA) is 71.4 Å². The van der Waals surface area contributed by atoms with Gasteiger partial charge in [-0.15, -0.1) is 11.8 Å². The molecule has 1 aromatic heterocycles. The SMILES string of the molecule is CN(Cc1cnn2c1CNCC2)C(=O)NCC1CSc2ccccc2O1. The first kappa shape index (κ1) is 17.2. The monoisotopic (exact) mass is 373 g/mol. The summed E-state index contributed by atoms with van der Waals surface area (Å²) < 4.78 is 7.98. The first-order valence-corrected chi connectivity index (χ1v) is 9.81. The Morgan fingerprint density at radius 3 is 3.31 bits per heavy atom. The fraction of sp³-hybridized carbons (Fsp3) is 0.444. The van der Waals surface area contributed by atoms with Crippen molar-refractivity contribution in [2.24, 2.45) is 0 Å². The molecule has 0 saturated heterocycles. The molecule has 26 heavy (non-hydrogen) atoms. The van der Waals surface area contributed by atoms with E-state index in [1.165, 1.54) is 5.69 Å². The number of aromatic nitrogens is 2. The number of hydrogen-bond donors (Lipinski definition) is 2. The first-order valence-electron chi connectivity index (χ1n) is 8.82. The smallest absolute Gasteiger partial charge is 0.317 e. The van der Waals surface area contributed by atoms with E-state index >= 15 is 0 Å². The van der Waals surface area contributed by atoms with Crippen LogP contribution in [0.4, 0.5) is 4.79 Å². The Morgan fingerprint density at radius 1 is 1.50 bits per heavy atom. The largest absolute Gasteiger partial charge is 0.487 e. The zero-order valence-electron chi connectivity index (χ0n) is 14.8. The van der Waals surface area contributed by atoms with Crippen LogP contribution in [0, 0.1) is 0 Å². The maximum atomic E-state index is 12.4. The van der Waals surface area contributed by atoms with Gasteiger partial charge in [-0.25, -0.2) is 4.79 Å². The number of amides is 2. The number of nitrogens with zero attached hydrogens (tertiary/aromatic N) is 3. The second-order valence-corrected chi connectivity index (χ2v) is 7.62. The van der Waals surface area contributed by atoms with Crippen LogP contribution in [0.3, 0.4) is 0 Å². The van der Waals surface area contributed by atoms with Gasteiger partial charge in [0.2, 0.25) is 0 Å². The summed E-state index contributed by atoms with van der Waals surface area (Å²) in [6, 6.07) is 7.91. The van der Waals surface area contributed by atoms with Gasteiger partial charge >= 0.3 is 6.03 Å². The molecule has 0 bridgehead atoms. The van der Waals surface area contributed by atoms with E-state index in [0.717, 1.165) is 41.6 Å². The molecule has 0 fully saturated rings. The molecule has 2 aliphatic heterocycles. The number of benzene rings is 1. The molecule has 7 nitrogen and oxygen atoms in total. The minimum absolute atomic E-state index is 0.0136. The van der Waals surface area contributed by atoms with Crippen molar-refractivity contribution in [3.05, 3.63) is 41.7 Å². The molecule has 2 aromatic rings. The Kier molecular flexibility index (Phi) is 5.03. The molecule has 3 heterocycles.